The molecule has 1 amide bonds. The number of ketones is 1. The highest BCUT2D eigenvalue weighted by Gasteiger charge is 2.49. The molecule has 194 valence electrons. The van der Waals surface area contributed by atoms with E-state index in [1.165, 1.54) is 11.1 Å². The van der Waals surface area contributed by atoms with Crippen LogP contribution in [0.1, 0.15) is 60.8 Å². The molecule has 0 saturated carbocycles. The van der Waals surface area contributed by atoms with Gasteiger partial charge in [-0.2, -0.15) is 5.26 Å². The van der Waals surface area contributed by atoms with E-state index >= 15 is 0 Å². The number of Topliss-reactive ketones (excluding diaryl/α,β-unsaturated/α-hetero) is 1. The number of hydrogen-bond donors (Lipinski definition) is 0. The highest BCUT2D eigenvalue weighted by molar-refractivity contribution is 9.10. The standard InChI is InChI=1S/C27H29BrClN5O3/c1-26(2,3)37-25(36)34-12-11-33(15-17(34)8-10-30)23-18-7-9-27(22(35)21(18)31-24(29)32-23)13-16-5-4-6-20(28)19(16)14-27/h4-6,17H,7-9,11-15H2,1-3H3/t17-,27?/m0/s1. The van der Waals surface area contributed by atoms with Gasteiger partial charge in [0.2, 0.25) is 5.28 Å². The number of nitrogens with zero attached hydrogens (tertiary/aromatic N) is 5. The Morgan fingerprint density at radius 3 is 2.76 bits per heavy atom. The molecule has 37 heavy (non-hydrogen) atoms. The van der Waals surface area contributed by atoms with Gasteiger partial charge in [-0.3, -0.25) is 4.79 Å². The van der Waals surface area contributed by atoms with Gasteiger partial charge in [0.15, 0.2) is 5.78 Å². The van der Waals surface area contributed by atoms with E-state index in [9.17, 15) is 14.9 Å². The van der Waals surface area contributed by atoms with Crippen LogP contribution in [0.15, 0.2) is 22.7 Å². The van der Waals surface area contributed by atoms with E-state index in [1.54, 1.807) is 4.90 Å². The van der Waals surface area contributed by atoms with Crippen LogP contribution in [-0.2, 0) is 24.0 Å². The Balaban J connectivity index is 1.43. The molecule has 2 heterocycles. The zero-order chi connectivity index (χ0) is 26.5. The van der Waals surface area contributed by atoms with Crippen molar-refractivity contribution < 1.29 is 14.3 Å². The number of halogens is 2. The second-order valence-corrected chi connectivity index (χ2v) is 12.3. The second-order valence-electron chi connectivity index (χ2n) is 11.1. The molecule has 2 aliphatic carbocycles. The Bertz CT molecular complexity index is 1320. The van der Waals surface area contributed by atoms with Gasteiger partial charge in [0.05, 0.1) is 18.5 Å². The van der Waals surface area contributed by atoms with Gasteiger partial charge in [0.25, 0.3) is 0 Å². The summed E-state index contributed by atoms with van der Waals surface area (Å²) >= 11 is 10.0. The SMILES string of the molecule is CC(C)(C)OC(=O)N1CCN(c2nc(Cl)nc3c2CCC2(Cc4cccc(Br)c4C2)C3=O)C[C@@H]1CC#N. The molecule has 2 atom stereocenters. The summed E-state index contributed by atoms with van der Waals surface area (Å²) in [5.41, 5.74) is 2.44. The molecule has 8 nitrogen and oxygen atoms in total. The molecule has 0 bridgehead atoms. The molecule has 2 aromatic rings. The summed E-state index contributed by atoms with van der Waals surface area (Å²) in [5, 5.41) is 9.48. The van der Waals surface area contributed by atoms with Crippen LogP contribution in [0.25, 0.3) is 0 Å². The molecule has 0 N–H and O–H groups in total. The fourth-order valence-electron chi connectivity index (χ4n) is 5.81. The number of aromatic nitrogens is 2. The van der Waals surface area contributed by atoms with Crippen LogP contribution in [0.2, 0.25) is 5.28 Å². The van der Waals surface area contributed by atoms with Gasteiger partial charge < -0.3 is 14.5 Å². The number of rotatable bonds is 2. The fourth-order valence-corrected chi connectivity index (χ4v) is 6.52. The molecule has 1 saturated heterocycles. The van der Waals surface area contributed by atoms with Gasteiger partial charge >= 0.3 is 6.09 Å². The van der Waals surface area contributed by atoms with Crippen molar-refractivity contribution in [3.63, 3.8) is 0 Å². The van der Waals surface area contributed by atoms with Gasteiger partial charge in [-0.1, -0.05) is 28.1 Å². The van der Waals surface area contributed by atoms with Crippen LogP contribution in [0.4, 0.5) is 10.6 Å². The Morgan fingerprint density at radius 2 is 2.05 bits per heavy atom. The van der Waals surface area contributed by atoms with E-state index in [1.807, 2.05) is 37.8 Å². The first-order valence-corrected chi connectivity index (χ1v) is 13.7. The van der Waals surface area contributed by atoms with Gasteiger partial charge in [-0.25, -0.2) is 14.8 Å². The molecule has 1 aromatic carbocycles. The second kappa shape index (κ2) is 9.55. The maximum atomic E-state index is 14.0. The average Bonchev–Trinajstić information content (AvgIpc) is 3.21. The fraction of sp³-hybridized carbons (Fsp3) is 0.519. The lowest BCUT2D eigenvalue weighted by atomic mass is 9.70. The maximum Gasteiger partial charge on any atom is 0.410 e. The van der Waals surface area contributed by atoms with Crippen LogP contribution in [0.5, 0.6) is 0 Å². The summed E-state index contributed by atoms with van der Waals surface area (Å²) in [5.74, 6) is 0.644. The predicted octanol–water partition coefficient (Wildman–Crippen LogP) is 5.15. The number of benzene rings is 1. The summed E-state index contributed by atoms with van der Waals surface area (Å²) < 4.78 is 6.61. The van der Waals surface area contributed by atoms with Crippen molar-refractivity contribution in [3.05, 3.63) is 50.3 Å². The molecule has 10 heteroatoms. The molecule has 0 radical (unpaired) electrons. The van der Waals surface area contributed by atoms with Crippen molar-refractivity contribution in [2.45, 2.75) is 64.5 Å². The van der Waals surface area contributed by atoms with Crippen LogP contribution >= 0.6 is 27.5 Å². The third-order valence-electron chi connectivity index (χ3n) is 7.51. The van der Waals surface area contributed by atoms with Crippen molar-refractivity contribution in [2.75, 3.05) is 24.5 Å². The topological polar surface area (TPSA) is 99.4 Å². The first-order valence-electron chi connectivity index (χ1n) is 12.5. The third kappa shape index (κ3) is 4.82. The normalized spacial score (nSPS) is 23.0. The maximum absolute atomic E-state index is 14.0. The predicted molar refractivity (Wildman–Crippen MR) is 143 cm³/mol. The Kier molecular flexibility index (Phi) is 6.70. The number of nitriles is 1. The first-order chi connectivity index (χ1) is 17.5. The monoisotopic (exact) mass is 585 g/mol. The Labute approximate surface area is 230 Å². The molecular weight excluding hydrogens is 558 g/mol. The third-order valence-corrected chi connectivity index (χ3v) is 8.42. The molecule has 1 fully saturated rings. The van der Waals surface area contributed by atoms with Gasteiger partial charge in [-0.15, -0.1) is 0 Å². The molecule has 1 aliphatic heterocycles. The van der Waals surface area contributed by atoms with Gasteiger partial charge in [-0.05, 0) is 75.2 Å². The van der Waals surface area contributed by atoms with E-state index in [2.05, 4.69) is 38.0 Å². The number of anilines is 1. The average molecular weight is 587 g/mol. The number of piperazine rings is 1. The lowest BCUT2D eigenvalue weighted by Gasteiger charge is -2.42. The minimum absolute atomic E-state index is 0.0170. The number of hydrogen-bond acceptors (Lipinski definition) is 7. The highest BCUT2D eigenvalue weighted by atomic mass is 79.9. The number of carbonyl (C=O) groups excluding carboxylic acids is 2. The number of ether oxygens (including phenoxy) is 1. The zero-order valence-corrected chi connectivity index (χ0v) is 23.5. The summed E-state index contributed by atoms with van der Waals surface area (Å²) in [6.07, 6.45) is 2.46. The molecule has 5 rings (SSSR count). The summed E-state index contributed by atoms with van der Waals surface area (Å²) in [6.45, 7) is 6.71. The lowest BCUT2D eigenvalue weighted by molar-refractivity contribution is 0.0145. The molecule has 1 spiro atoms. The van der Waals surface area contributed by atoms with Crippen molar-refractivity contribution in [1.29, 1.82) is 5.26 Å². The van der Waals surface area contributed by atoms with Crippen molar-refractivity contribution in [1.82, 2.24) is 14.9 Å². The van der Waals surface area contributed by atoms with Crippen molar-refractivity contribution in [3.8, 4) is 6.07 Å². The molecule has 1 aromatic heterocycles. The van der Waals surface area contributed by atoms with Crippen LogP contribution in [0, 0.1) is 16.7 Å². The minimum atomic E-state index is -0.629. The quantitative estimate of drug-likeness (QED) is 0.449. The van der Waals surface area contributed by atoms with E-state index < -0.39 is 17.1 Å². The first kappa shape index (κ1) is 25.9. The zero-order valence-electron chi connectivity index (χ0n) is 21.2. The molecule has 1 unspecified atom stereocenters. The smallest absolute Gasteiger partial charge is 0.410 e. The van der Waals surface area contributed by atoms with Crippen LogP contribution in [0.3, 0.4) is 0 Å². The highest BCUT2D eigenvalue weighted by Crippen LogP contribution is 2.48. The lowest BCUT2D eigenvalue weighted by Crippen LogP contribution is -2.56. The van der Waals surface area contributed by atoms with E-state index in [0.717, 1.165) is 10.0 Å². The van der Waals surface area contributed by atoms with E-state index in [-0.39, 0.29) is 23.5 Å². The number of carbonyl (C=O) groups is 2. The summed E-state index contributed by atoms with van der Waals surface area (Å²) in [4.78, 5) is 39.4. The number of amides is 1. The summed E-state index contributed by atoms with van der Waals surface area (Å²) in [7, 11) is 0. The van der Waals surface area contributed by atoms with Crippen LogP contribution in [-0.4, -0.2) is 58.0 Å². The van der Waals surface area contributed by atoms with Crippen molar-refractivity contribution in [2.24, 2.45) is 5.41 Å². The number of fused-ring (bicyclic) bond motifs is 2. The largest absolute Gasteiger partial charge is 0.444 e. The van der Waals surface area contributed by atoms with Gasteiger partial charge in [0.1, 0.15) is 17.1 Å². The van der Waals surface area contributed by atoms with Crippen LogP contribution < -0.4 is 4.90 Å². The van der Waals surface area contributed by atoms with Crippen molar-refractivity contribution >= 4 is 45.2 Å². The Morgan fingerprint density at radius 1 is 1.27 bits per heavy atom. The minimum Gasteiger partial charge on any atom is -0.444 e. The van der Waals surface area contributed by atoms with Gasteiger partial charge in [0, 0.05) is 35.1 Å². The van der Waals surface area contributed by atoms with E-state index in [4.69, 9.17) is 16.3 Å². The molecular formula is C27H29BrClN5O3. The summed E-state index contributed by atoms with van der Waals surface area (Å²) in [6, 6.07) is 7.94. The Hall–Kier alpha value is -2.70. The van der Waals surface area contributed by atoms with E-state index in [0.29, 0.717) is 56.8 Å². The molecule has 3 aliphatic rings.